The van der Waals surface area contributed by atoms with E-state index in [1.54, 1.807) is 0 Å². The Morgan fingerprint density at radius 1 is 1.04 bits per heavy atom. The smallest absolute Gasteiger partial charge is 0.221 e. The highest BCUT2D eigenvalue weighted by atomic mass is 16.1. The van der Waals surface area contributed by atoms with Gasteiger partial charge in [-0.2, -0.15) is 0 Å². The fraction of sp³-hybridized carbons (Fsp3) is 0.150. The molecular formula is C20H18N2O. The molecule has 3 rings (SSSR count). The van der Waals surface area contributed by atoms with Crippen LogP contribution in [0.2, 0.25) is 0 Å². The minimum absolute atomic E-state index is 0.0256. The van der Waals surface area contributed by atoms with Crippen molar-refractivity contribution in [2.75, 3.05) is 6.54 Å². The van der Waals surface area contributed by atoms with Crippen molar-refractivity contribution in [1.29, 1.82) is 0 Å². The van der Waals surface area contributed by atoms with Crippen molar-refractivity contribution in [1.82, 2.24) is 10.3 Å². The second-order valence-electron chi connectivity index (χ2n) is 5.30. The van der Waals surface area contributed by atoms with Crippen LogP contribution in [0.1, 0.15) is 17.5 Å². The Hall–Kier alpha value is -2.99. The second-order valence-corrected chi connectivity index (χ2v) is 5.30. The molecule has 0 spiro atoms. The quantitative estimate of drug-likeness (QED) is 0.714. The zero-order valence-electron chi connectivity index (χ0n) is 12.8. The number of para-hydroxylation sites is 1. The van der Waals surface area contributed by atoms with E-state index in [0.29, 0.717) is 13.0 Å². The molecule has 1 aromatic heterocycles. The van der Waals surface area contributed by atoms with Crippen LogP contribution in [0, 0.1) is 11.8 Å². The van der Waals surface area contributed by atoms with E-state index in [1.807, 2.05) is 54.7 Å². The number of aromatic nitrogens is 1. The number of hydrogen-bond donors (Lipinski definition) is 2. The maximum absolute atomic E-state index is 11.9. The molecule has 0 radical (unpaired) electrons. The normalized spacial score (nSPS) is 10.1. The van der Waals surface area contributed by atoms with Gasteiger partial charge in [0.25, 0.3) is 0 Å². The number of rotatable bonds is 4. The maximum Gasteiger partial charge on any atom is 0.221 e. The lowest BCUT2D eigenvalue weighted by Crippen LogP contribution is -2.23. The molecule has 0 aliphatic carbocycles. The highest BCUT2D eigenvalue weighted by Gasteiger charge is 2.05. The summed E-state index contributed by atoms with van der Waals surface area (Å²) in [6.07, 6.45) is 3.17. The van der Waals surface area contributed by atoms with Crippen LogP contribution in [0.4, 0.5) is 0 Å². The Labute approximate surface area is 135 Å². The molecule has 114 valence electrons. The highest BCUT2D eigenvalue weighted by molar-refractivity contribution is 5.84. The summed E-state index contributed by atoms with van der Waals surface area (Å²) in [6.45, 7) is 0.377. The average molecular weight is 302 g/mol. The van der Waals surface area contributed by atoms with E-state index in [1.165, 1.54) is 10.9 Å². The lowest BCUT2D eigenvalue weighted by Gasteiger charge is -2.01. The van der Waals surface area contributed by atoms with E-state index in [2.05, 4.69) is 28.2 Å². The van der Waals surface area contributed by atoms with Crippen molar-refractivity contribution in [2.45, 2.75) is 12.8 Å². The minimum Gasteiger partial charge on any atom is -0.361 e. The molecular weight excluding hydrogens is 284 g/mol. The number of aromatic amines is 1. The molecule has 3 nitrogen and oxygen atoms in total. The Balaban J connectivity index is 1.48. The molecule has 0 aliphatic heterocycles. The third-order valence-electron chi connectivity index (χ3n) is 3.68. The molecule has 1 heterocycles. The molecule has 2 N–H and O–H groups in total. The van der Waals surface area contributed by atoms with Crippen molar-refractivity contribution in [3.05, 3.63) is 71.9 Å². The molecule has 3 aromatic rings. The Morgan fingerprint density at radius 2 is 1.83 bits per heavy atom. The standard InChI is InChI=1S/C20H18N2O/c23-20(21-14-6-9-16-7-2-1-3-8-16)13-12-17-15-22-19-11-5-4-10-18(17)19/h1-5,7-8,10-11,15,22H,12-14H2,(H,21,23). The van der Waals surface area contributed by atoms with Gasteiger partial charge >= 0.3 is 0 Å². The zero-order valence-corrected chi connectivity index (χ0v) is 12.8. The Bertz CT molecular complexity index is 853. The number of amides is 1. The minimum atomic E-state index is 0.0256. The molecule has 0 unspecified atom stereocenters. The van der Waals surface area contributed by atoms with Gasteiger partial charge < -0.3 is 10.3 Å². The largest absolute Gasteiger partial charge is 0.361 e. The highest BCUT2D eigenvalue weighted by Crippen LogP contribution is 2.18. The molecule has 3 heteroatoms. The number of benzene rings is 2. The summed E-state index contributed by atoms with van der Waals surface area (Å²) in [6, 6.07) is 17.9. The summed E-state index contributed by atoms with van der Waals surface area (Å²) in [4.78, 5) is 15.1. The van der Waals surface area contributed by atoms with E-state index in [0.717, 1.165) is 17.5 Å². The van der Waals surface area contributed by atoms with Crippen molar-refractivity contribution in [2.24, 2.45) is 0 Å². The molecule has 0 saturated carbocycles. The van der Waals surface area contributed by atoms with E-state index in [4.69, 9.17) is 0 Å². The van der Waals surface area contributed by atoms with Gasteiger partial charge in [0, 0.05) is 29.1 Å². The summed E-state index contributed by atoms with van der Waals surface area (Å²) < 4.78 is 0. The third-order valence-corrected chi connectivity index (χ3v) is 3.68. The third kappa shape index (κ3) is 4.02. The van der Waals surface area contributed by atoms with Crippen molar-refractivity contribution >= 4 is 16.8 Å². The van der Waals surface area contributed by atoms with E-state index >= 15 is 0 Å². The average Bonchev–Trinajstić information content (AvgIpc) is 3.01. The first-order valence-electron chi connectivity index (χ1n) is 7.68. The van der Waals surface area contributed by atoms with Gasteiger partial charge in [-0.1, -0.05) is 48.2 Å². The molecule has 0 fully saturated rings. The molecule has 1 amide bonds. The number of carbonyl (C=O) groups excluding carboxylic acids is 1. The molecule has 23 heavy (non-hydrogen) atoms. The lowest BCUT2D eigenvalue weighted by atomic mass is 10.1. The zero-order chi connectivity index (χ0) is 15.9. The number of hydrogen-bond acceptors (Lipinski definition) is 1. The summed E-state index contributed by atoms with van der Waals surface area (Å²) in [5.41, 5.74) is 3.24. The monoisotopic (exact) mass is 302 g/mol. The van der Waals surface area contributed by atoms with Crippen LogP contribution in [0.5, 0.6) is 0 Å². The van der Waals surface area contributed by atoms with Gasteiger partial charge in [0.05, 0.1) is 6.54 Å². The molecule has 2 aromatic carbocycles. The van der Waals surface area contributed by atoms with E-state index < -0.39 is 0 Å². The first-order chi connectivity index (χ1) is 11.3. The second kappa shape index (κ2) is 7.33. The van der Waals surface area contributed by atoms with Crippen LogP contribution in [-0.2, 0) is 11.2 Å². The van der Waals surface area contributed by atoms with Gasteiger partial charge in [-0.15, -0.1) is 0 Å². The predicted molar refractivity (Wildman–Crippen MR) is 92.9 cm³/mol. The summed E-state index contributed by atoms with van der Waals surface area (Å²) in [5, 5.41) is 4.03. The topological polar surface area (TPSA) is 44.9 Å². The summed E-state index contributed by atoms with van der Waals surface area (Å²) in [5.74, 6) is 6.02. The molecule has 0 saturated heterocycles. The van der Waals surface area contributed by atoms with E-state index in [9.17, 15) is 4.79 Å². The molecule has 0 bridgehead atoms. The first-order valence-corrected chi connectivity index (χ1v) is 7.68. The van der Waals surface area contributed by atoms with Gasteiger partial charge in [0.2, 0.25) is 5.91 Å². The van der Waals surface area contributed by atoms with Crippen LogP contribution < -0.4 is 5.32 Å². The first kappa shape index (κ1) is 14.9. The molecule has 0 atom stereocenters. The summed E-state index contributed by atoms with van der Waals surface area (Å²) in [7, 11) is 0. The number of nitrogens with one attached hydrogen (secondary N) is 2. The van der Waals surface area contributed by atoms with Crippen LogP contribution in [0.25, 0.3) is 10.9 Å². The predicted octanol–water partition coefficient (Wildman–Crippen LogP) is 3.27. The van der Waals surface area contributed by atoms with Gasteiger partial charge in [-0.05, 0) is 30.2 Å². The Morgan fingerprint density at radius 3 is 2.70 bits per heavy atom. The SMILES string of the molecule is O=C(CCc1c[nH]c2ccccc12)NCC#Cc1ccccc1. The van der Waals surface area contributed by atoms with Gasteiger partial charge in [-0.25, -0.2) is 0 Å². The number of aryl methyl sites for hydroxylation is 1. The summed E-state index contributed by atoms with van der Waals surface area (Å²) >= 11 is 0. The van der Waals surface area contributed by atoms with Crippen molar-refractivity contribution < 1.29 is 4.79 Å². The Kier molecular flexibility index (Phi) is 4.76. The maximum atomic E-state index is 11.9. The van der Waals surface area contributed by atoms with Crippen LogP contribution in [0.3, 0.4) is 0 Å². The fourth-order valence-corrected chi connectivity index (χ4v) is 2.49. The van der Waals surface area contributed by atoms with Crippen LogP contribution in [0.15, 0.2) is 60.8 Å². The number of carbonyl (C=O) groups is 1. The lowest BCUT2D eigenvalue weighted by molar-refractivity contribution is -0.120. The number of fused-ring (bicyclic) bond motifs is 1. The fourth-order valence-electron chi connectivity index (χ4n) is 2.49. The van der Waals surface area contributed by atoms with Crippen molar-refractivity contribution in [3.63, 3.8) is 0 Å². The van der Waals surface area contributed by atoms with Gasteiger partial charge in [0.15, 0.2) is 0 Å². The van der Waals surface area contributed by atoms with Crippen LogP contribution in [-0.4, -0.2) is 17.4 Å². The van der Waals surface area contributed by atoms with Crippen LogP contribution >= 0.6 is 0 Å². The van der Waals surface area contributed by atoms with Crippen molar-refractivity contribution in [3.8, 4) is 11.8 Å². The molecule has 0 aliphatic rings. The van der Waals surface area contributed by atoms with Gasteiger partial charge in [0.1, 0.15) is 0 Å². The number of H-pyrrole nitrogens is 1. The van der Waals surface area contributed by atoms with Gasteiger partial charge in [-0.3, -0.25) is 4.79 Å². The van der Waals surface area contributed by atoms with E-state index in [-0.39, 0.29) is 5.91 Å².